The molecule has 0 aliphatic rings. The lowest BCUT2D eigenvalue weighted by Crippen LogP contribution is -2.43. The summed E-state index contributed by atoms with van der Waals surface area (Å²) in [5.41, 5.74) is 1.45. The molecule has 0 spiro atoms. The summed E-state index contributed by atoms with van der Waals surface area (Å²) >= 11 is 16.6. The number of rotatable bonds is 10. The zero-order valence-corrected chi connectivity index (χ0v) is 19.1. The lowest BCUT2D eigenvalue weighted by atomic mass is 10.1. The third-order valence-corrected chi connectivity index (χ3v) is 5.54. The van der Waals surface area contributed by atoms with Gasteiger partial charge in [0.1, 0.15) is 6.61 Å². The second-order valence-electron chi connectivity index (χ2n) is 6.19. The minimum absolute atomic E-state index is 0.155. The molecule has 0 aliphatic carbocycles. The first-order valence-corrected chi connectivity index (χ1v) is 10.4. The third-order valence-electron chi connectivity index (χ3n) is 4.21. The van der Waals surface area contributed by atoms with Gasteiger partial charge in [-0.05, 0) is 43.2 Å². The maximum Gasteiger partial charge on any atom is 0.267 e. The average Bonchev–Trinajstić information content (AvgIpc) is 2.74. The quantitative estimate of drug-likeness (QED) is 0.307. The molecule has 0 saturated carbocycles. The van der Waals surface area contributed by atoms with Crippen LogP contribution in [-0.2, 0) is 20.9 Å². The van der Waals surface area contributed by atoms with Crippen LogP contribution in [-0.4, -0.2) is 32.8 Å². The van der Waals surface area contributed by atoms with Gasteiger partial charge in [0.2, 0.25) is 4.93 Å². The first-order chi connectivity index (χ1) is 14.3. The van der Waals surface area contributed by atoms with E-state index < -0.39 is 10.8 Å². The second kappa shape index (κ2) is 11.4. The Bertz CT molecular complexity index is 932. The number of halogens is 2. The summed E-state index contributed by atoms with van der Waals surface area (Å²) in [7, 11) is 1.55. The molecule has 160 valence electrons. The highest BCUT2D eigenvalue weighted by Gasteiger charge is 2.37. The largest absolute Gasteiger partial charge is 0.493 e. The zero-order valence-electron chi connectivity index (χ0n) is 16.7. The fraction of sp³-hybridized carbons (Fsp3) is 0.318. The van der Waals surface area contributed by atoms with E-state index in [9.17, 15) is 4.79 Å². The molecule has 0 heterocycles. The first kappa shape index (κ1) is 24.2. The van der Waals surface area contributed by atoms with Gasteiger partial charge in [0, 0.05) is 18.7 Å². The Morgan fingerprint density at radius 1 is 1.20 bits per heavy atom. The van der Waals surface area contributed by atoms with Gasteiger partial charge in [-0.3, -0.25) is 4.79 Å². The number of thiol groups is 1. The molecule has 0 radical (unpaired) electrons. The van der Waals surface area contributed by atoms with Crippen LogP contribution >= 0.6 is 35.8 Å². The van der Waals surface area contributed by atoms with Crippen LogP contribution in [0.5, 0.6) is 11.5 Å². The Morgan fingerprint density at radius 3 is 2.60 bits per heavy atom. The number of terminal acetylenes is 1. The molecule has 2 rings (SSSR count). The fourth-order valence-corrected chi connectivity index (χ4v) is 3.39. The number of amides is 1. The van der Waals surface area contributed by atoms with Crippen molar-refractivity contribution in [3.8, 4) is 23.8 Å². The molecule has 30 heavy (non-hydrogen) atoms. The predicted molar refractivity (Wildman–Crippen MR) is 123 cm³/mol. The molecule has 8 heteroatoms. The molecule has 0 aliphatic heterocycles. The lowest BCUT2D eigenvalue weighted by molar-refractivity contribution is -0.136. The Kier molecular flexibility index (Phi) is 9.19. The lowest BCUT2D eigenvalue weighted by Gasteiger charge is -2.28. The average molecular weight is 468 g/mol. The SMILES string of the molecule is C#CCOc1ccc(CCNC(=O)C(S)(OCC)c2ccc(Cl)c(Cl)c2)cc1OC. The molecule has 1 unspecified atom stereocenters. The Hall–Kier alpha value is -2.04. The number of hydrogen-bond acceptors (Lipinski definition) is 5. The van der Waals surface area contributed by atoms with E-state index in [1.165, 1.54) is 0 Å². The van der Waals surface area contributed by atoms with Gasteiger partial charge in [0.15, 0.2) is 11.5 Å². The minimum Gasteiger partial charge on any atom is -0.493 e. The molecular weight excluding hydrogens is 445 g/mol. The van der Waals surface area contributed by atoms with Crippen LogP contribution in [0.25, 0.3) is 0 Å². The third kappa shape index (κ3) is 5.99. The van der Waals surface area contributed by atoms with Crippen LogP contribution in [0.4, 0.5) is 0 Å². The van der Waals surface area contributed by atoms with Gasteiger partial charge in [-0.25, -0.2) is 0 Å². The van der Waals surface area contributed by atoms with Crippen molar-refractivity contribution < 1.29 is 19.0 Å². The first-order valence-electron chi connectivity index (χ1n) is 9.19. The highest BCUT2D eigenvalue weighted by atomic mass is 35.5. The molecule has 0 saturated heterocycles. The van der Waals surface area contributed by atoms with Crippen LogP contribution in [0, 0.1) is 12.3 Å². The van der Waals surface area contributed by atoms with Crippen molar-refractivity contribution in [3.63, 3.8) is 0 Å². The Balaban J connectivity index is 2.07. The molecule has 2 aromatic rings. The van der Waals surface area contributed by atoms with E-state index in [2.05, 4.69) is 23.9 Å². The van der Waals surface area contributed by atoms with Gasteiger partial charge in [-0.1, -0.05) is 41.3 Å². The predicted octanol–water partition coefficient (Wildman–Crippen LogP) is 4.49. The maximum atomic E-state index is 12.9. The number of hydrogen-bond donors (Lipinski definition) is 2. The summed E-state index contributed by atoms with van der Waals surface area (Å²) in [5, 5.41) is 3.57. The van der Waals surface area contributed by atoms with E-state index in [0.29, 0.717) is 40.1 Å². The van der Waals surface area contributed by atoms with Gasteiger partial charge >= 0.3 is 0 Å². The molecule has 1 N–H and O–H groups in total. The number of benzene rings is 2. The van der Waals surface area contributed by atoms with E-state index in [4.69, 9.17) is 43.8 Å². The van der Waals surface area contributed by atoms with Crippen molar-refractivity contribution in [1.29, 1.82) is 0 Å². The van der Waals surface area contributed by atoms with E-state index in [0.717, 1.165) is 5.56 Å². The normalized spacial score (nSPS) is 12.5. The van der Waals surface area contributed by atoms with Crippen LogP contribution in [0.15, 0.2) is 36.4 Å². The highest BCUT2D eigenvalue weighted by Crippen LogP contribution is 2.34. The summed E-state index contributed by atoms with van der Waals surface area (Å²) in [6.45, 7) is 2.59. The highest BCUT2D eigenvalue weighted by molar-refractivity contribution is 7.82. The molecule has 0 fully saturated rings. The van der Waals surface area contributed by atoms with Crippen LogP contribution in [0.2, 0.25) is 10.0 Å². The van der Waals surface area contributed by atoms with Crippen molar-refractivity contribution in [2.24, 2.45) is 0 Å². The van der Waals surface area contributed by atoms with Crippen molar-refractivity contribution in [3.05, 3.63) is 57.6 Å². The molecule has 2 aromatic carbocycles. The number of carbonyl (C=O) groups is 1. The summed E-state index contributed by atoms with van der Waals surface area (Å²) in [6, 6.07) is 10.4. The number of ether oxygens (including phenoxy) is 3. The summed E-state index contributed by atoms with van der Waals surface area (Å²) in [4.78, 5) is 11.4. The molecule has 1 amide bonds. The Morgan fingerprint density at radius 2 is 1.97 bits per heavy atom. The van der Waals surface area contributed by atoms with Crippen LogP contribution < -0.4 is 14.8 Å². The number of methoxy groups -OCH3 is 1. The summed E-state index contributed by atoms with van der Waals surface area (Å²) < 4.78 is 16.4. The van der Waals surface area contributed by atoms with Crippen molar-refractivity contribution in [2.75, 3.05) is 26.9 Å². The molecule has 5 nitrogen and oxygen atoms in total. The monoisotopic (exact) mass is 467 g/mol. The molecular formula is C22H23Cl2NO4S. The van der Waals surface area contributed by atoms with Gasteiger partial charge in [-0.2, -0.15) is 0 Å². The minimum atomic E-state index is -1.49. The van der Waals surface area contributed by atoms with Gasteiger partial charge in [0.25, 0.3) is 5.91 Å². The smallest absolute Gasteiger partial charge is 0.267 e. The van der Waals surface area contributed by atoms with Crippen molar-refractivity contribution >= 4 is 41.7 Å². The zero-order chi connectivity index (χ0) is 22.1. The fourth-order valence-electron chi connectivity index (χ4n) is 2.74. The molecule has 1 atom stereocenters. The van der Waals surface area contributed by atoms with Gasteiger partial charge in [-0.15, -0.1) is 19.1 Å². The van der Waals surface area contributed by atoms with Crippen molar-refractivity contribution in [2.45, 2.75) is 18.3 Å². The van der Waals surface area contributed by atoms with Crippen LogP contribution in [0.1, 0.15) is 18.1 Å². The standard InChI is InChI=1S/C22H23Cl2NO4S/c1-4-12-28-19-9-6-15(13-20(19)27-3)10-11-25-21(26)22(30,29-5-2)16-7-8-17(23)18(24)14-16/h1,6-9,13-14,30H,5,10-12H2,2-3H3,(H,25,26). The molecule has 0 aromatic heterocycles. The van der Waals surface area contributed by atoms with Crippen LogP contribution in [0.3, 0.4) is 0 Å². The number of nitrogens with one attached hydrogen (secondary N) is 1. The van der Waals surface area contributed by atoms with E-state index >= 15 is 0 Å². The van der Waals surface area contributed by atoms with Gasteiger partial charge in [0.05, 0.1) is 17.2 Å². The van der Waals surface area contributed by atoms with E-state index in [1.807, 2.05) is 12.1 Å². The van der Waals surface area contributed by atoms with Gasteiger partial charge < -0.3 is 19.5 Å². The van der Waals surface area contributed by atoms with Crippen molar-refractivity contribution in [1.82, 2.24) is 5.32 Å². The summed E-state index contributed by atoms with van der Waals surface area (Å²) in [5.74, 6) is 3.15. The number of carbonyl (C=O) groups excluding carboxylic acids is 1. The Labute approximate surface area is 192 Å². The maximum absolute atomic E-state index is 12.9. The van der Waals surface area contributed by atoms with E-state index in [1.54, 1.807) is 38.3 Å². The van der Waals surface area contributed by atoms with E-state index in [-0.39, 0.29) is 13.2 Å². The summed E-state index contributed by atoms with van der Waals surface area (Å²) in [6.07, 6.45) is 5.78. The topological polar surface area (TPSA) is 56.8 Å². The molecule has 0 bridgehead atoms. The second-order valence-corrected chi connectivity index (χ2v) is 7.63.